The van der Waals surface area contributed by atoms with Gasteiger partial charge in [0.1, 0.15) is 42.0 Å². The molecular weight excluding hydrogens is 2910 g/mol. The molecule has 0 bridgehead atoms. The third-order valence-corrected chi connectivity index (χ3v) is 76.4. The van der Waals surface area contributed by atoms with E-state index >= 15 is 0 Å². The number of rotatable bonds is 16. The Morgan fingerprint density at radius 1 is 0.264 bits per heavy atom. The minimum absolute atomic E-state index is 0.928. The number of hydrogen-bond acceptors (Lipinski definition) is 3. The molecule has 0 heterocycles. The van der Waals surface area contributed by atoms with Gasteiger partial charge in [-0.3, -0.25) is 4.18 Å². The van der Waals surface area contributed by atoms with Gasteiger partial charge in [-0.05, 0) is 31.9 Å². The molecule has 0 aromatic rings. The zero-order valence-corrected chi connectivity index (χ0v) is 75.3. The molecule has 0 aliphatic carbocycles. The van der Waals surface area contributed by atoms with Crippen LogP contribution in [0.3, 0.4) is 0 Å². The Morgan fingerprint density at radius 2 is 0.396 bits per heavy atom. The Bertz CT molecular complexity index is 1370. The van der Waals surface area contributed by atoms with Crippen LogP contribution in [0.5, 0.6) is 0 Å². The van der Waals surface area contributed by atoms with Crippen molar-refractivity contribution in [2.45, 2.75) is 50.8 Å². The summed E-state index contributed by atoms with van der Waals surface area (Å²) in [5, 5.41) is 0. The largest absolute Gasteiger partial charge is 0.750 e. The van der Waals surface area contributed by atoms with Gasteiger partial charge in [0.05, 0.1) is 11.4 Å². The number of hydrogen-bond donors (Lipinski definition) is 0. The first-order valence-corrected chi connectivity index (χ1v) is 37.9. The first kappa shape index (κ1) is 68.9. The van der Waals surface area contributed by atoms with E-state index in [0.29, 0.717) is 0 Å². The highest BCUT2D eigenvalue weighted by Gasteiger charge is 2.84. The molecular formula is C16Br33O3S-. The van der Waals surface area contributed by atoms with Crippen LogP contribution >= 0.6 is 526 Å². The Morgan fingerprint density at radius 3 is 0.528 bits per heavy atom. The molecule has 0 aromatic heterocycles. The van der Waals surface area contributed by atoms with Gasteiger partial charge in [0.15, 0.2) is 5.38 Å². The van der Waals surface area contributed by atoms with E-state index in [1.165, 1.54) is 0 Å². The molecule has 53 heavy (non-hydrogen) atoms. The molecule has 1 unspecified atom stereocenters. The highest BCUT2D eigenvalue weighted by atomic mass is 80.0. The predicted molar refractivity (Wildman–Crippen MR) is 348 cm³/mol. The second-order valence-corrected chi connectivity index (χ2v) is 68.2. The van der Waals surface area contributed by atoms with Gasteiger partial charge in [0.2, 0.25) is 3.42 Å². The van der Waals surface area contributed by atoms with Crippen molar-refractivity contribution < 1.29 is 12.9 Å². The van der Waals surface area contributed by atoms with Gasteiger partial charge in [0, 0.05) is 0 Å². The maximum absolute atomic E-state index is 11.6. The smallest absolute Gasteiger partial charge is 0.219 e. The van der Waals surface area contributed by atoms with Crippen molar-refractivity contribution in [1.82, 2.24) is 0 Å². The topological polar surface area (TPSA) is 49.4 Å². The fourth-order valence-corrected chi connectivity index (χ4v) is 36.5. The van der Waals surface area contributed by atoms with E-state index in [1.807, 2.05) is 0 Å². The molecule has 0 radical (unpaired) electrons. The third-order valence-electron chi connectivity index (χ3n) is 6.02. The minimum atomic E-state index is -2.96. The maximum Gasteiger partial charge on any atom is 0.219 e. The standard InChI is InChI=1S/C16HBr33O3S/c17-1(18,3(21,22)5(25,26)7(29,30)9(33,34)11(37,38)13(41,42)15(45,46)47)2(19,20)4(23,24)6(27,28)8(31,32)10(35,36)12(39,40)14(43,44)16(48,49)52-53(50)51/h(H,50,51)/p-1. The average Bonchev–Trinajstić information content (AvgIpc) is 2.89. The second kappa shape index (κ2) is 22.6. The van der Waals surface area contributed by atoms with E-state index in [2.05, 4.69) is 526 Å². The van der Waals surface area contributed by atoms with Crippen LogP contribution in [-0.2, 0) is 15.5 Å². The van der Waals surface area contributed by atoms with Crippen LogP contribution in [-0.4, -0.2) is 59.6 Å². The van der Waals surface area contributed by atoms with Crippen LogP contribution in [0.25, 0.3) is 0 Å². The van der Waals surface area contributed by atoms with Gasteiger partial charge in [-0.25, -0.2) is 4.21 Å². The molecule has 0 aromatic carbocycles. The zero-order chi connectivity index (χ0) is 44.3. The molecule has 0 saturated carbocycles. The molecule has 37 heteroatoms. The van der Waals surface area contributed by atoms with Crippen LogP contribution in [0.15, 0.2) is 0 Å². The summed E-state index contributed by atoms with van der Waals surface area (Å²) in [4.78, 5) is 0. The Balaban J connectivity index is 7.73. The van der Waals surface area contributed by atoms with Crippen molar-refractivity contribution in [1.29, 1.82) is 0 Å². The van der Waals surface area contributed by atoms with Crippen LogP contribution in [0.4, 0.5) is 0 Å². The van der Waals surface area contributed by atoms with Gasteiger partial charge in [0.25, 0.3) is 0 Å². The van der Waals surface area contributed by atoms with Gasteiger partial charge in [-0.15, -0.1) is 0 Å². The van der Waals surface area contributed by atoms with Crippen LogP contribution in [0.1, 0.15) is 0 Å². The van der Waals surface area contributed by atoms with Crippen LogP contribution in [0, 0.1) is 0 Å². The number of halogens is 33. The van der Waals surface area contributed by atoms with Gasteiger partial charge < -0.3 is 4.55 Å². The third kappa shape index (κ3) is 12.1. The first-order valence-electron chi connectivity index (χ1n) is 10.7. The summed E-state index contributed by atoms with van der Waals surface area (Å²) in [6, 6.07) is 0. The SMILES string of the molecule is O=S([O-])OC(Br)(Br)C(Br)(Br)C(Br)(Br)C(Br)(Br)C(Br)(Br)C(Br)(Br)C(Br)(Br)C(Br)(Br)C(Br)(Br)C(Br)(Br)C(Br)(Br)C(Br)(Br)C(Br)(Br)C(Br)(Br)C(Br)(Br)C(Br)(Br)Br. The van der Waals surface area contributed by atoms with E-state index in [0.717, 1.165) is 0 Å². The predicted octanol–water partition coefficient (Wildman–Crippen LogP) is 23.9. The van der Waals surface area contributed by atoms with Crippen LogP contribution in [0.2, 0.25) is 0 Å². The summed E-state index contributed by atoms with van der Waals surface area (Å²) in [6.07, 6.45) is 0. The Labute approximate surface area is 586 Å². The molecule has 0 rings (SSSR count). The molecule has 0 fully saturated rings. The van der Waals surface area contributed by atoms with Crippen LogP contribution < -0.4 is 0 Å². The molecule has 0 N–H and O–H groups in total. The maximum atomic E-state index is 11.6. The van der Waals surface area contributed by atoms with Crippen molar-refractivity contribution in [2.24, 2.45) is 0 Å². The lowest BCUT2D eigenvalue weighted by Crippen LogP contribution is -2.73. The van der Waals surface area contributed by atoms with E-state index in [-0.39, 0.29) is 0 Å². The summed E-state index contributed by atoms with van der Waals surface area (Å²) < 4.78 is 6.71. The second-order valence-electron chi connectivity index (χ2n) is 9.34. The normalized spacial score (nSPS) is 17.7. The number of alkyl halides is 33. The quantitative estimate of drug-likeness (QED) is 0.114. The lowest BCUT2D eigenvalue weighted by Gasteiger charge is -2.62. The molecule has 1 atom stereocenters. The monoisotopic (exact) mass is 2880 g/mol. The molecule has 0 aliphatic rings. The van der Waals surface area contributed by atoms with Crippen molar-refractivity contribution in [3.8, 4) is 0 Å². The molecule has 3 nitrogen and oxygen atoms in total. The lowest BCUT2D eigenvalue weighted by molar-refractivity contribution is 0.247. The van der Waals surface area contributed by atoms with Crippen molar-refractivity contribution in [3.05, 3.63) is 0 Å². The van der Waals surface area contributed by atoms with Gasteiger partial charge >= 0.3 is 0 Å². The van der Waals surface area contributed by atoms with Crippen molar-refractivity contribution in [2.75, 3.05) is 0 Å². The first-order chi connectivity index (χ1) is 22.2. The molecule has 0 aliphatic heterocycles. The summed E-state index contributed by atoms with van der Waals surface area (Å²) >= 11 is 123. The van der Waals surface area contributed by atoms with E-state index < -0.39 is 62.2 Å². The summed E-state index contributed by atoms with van der Waals surface area (Å²) in [5.74, 6) is 0. The Kier molecular flexibility index (Phi) is 29.4. The fraction of sp³-hybridized carbons (Fsp3) is 1.00. The highest BCUT2D eigenvalue weighted by molar-refractivity contribution is 9.43. The van der Waals surface area contributed by atoms with E-state index in [9.17, 15) is 8.76 Å². The Hall–Kier alpha value is 15.9. The summed E-state index contributed by atoms with van der Waals surface area (Å²) in [7, 11) is 0. The molecule has 0 spiro atoms. The van der Waals surface area contributed by atoms with Crippen molar-refractivity contribution in [3.63, 3.8) is 0 Å². The zero-order valence-electron chi connectivity index (χ0n) is 22.1. The summed E-state index contributed by atoms with van der Waals surface area (Å²) in [5.41, 5.74) is 0. The molecule has 320 valence electrons. The minimum Gasteiger partial charge on any atom is -0.750 e. The van der Waals surface area contributed by atoms with E-state index in [1.54, 1.807) is 0 Å². The van der Waals surface area contributed by atoms with E-state index in [4.69, 9.17) is 4.18 Å². The lowest BCUT2D eigenvalue weighted by atomic mass is 10.0. The van der Waals surface area contributed by atoms with Gasteiger partial charge in [-0.2, -0.15) is 0 Å². The molecule has 0 saturated heterocycles. The summed E-state index contributed by atoms with van der Waals surface area (Å²) in [6.45, 7) is 0. The fourth-order valence-electron chi connectivity index (χ4n) is 2.86. The highest BCUT2D eigenvalue weighted by Crippen LogP contribution is 2.83. The average molecular weight is 2910 g/mol. The van der Waals surface area contributed by atoms with Gasteiger partial charge in [-0.1, -0.05) is 494 Å². The molecule has 0 amide bonds. The van der Waals surface area contributed by atoms with Crippen molar-refractivity contribution >= 4 is 537 Å².